The zero-order valence-electron chi connectivity index (χ0n) is 10.6. The van der Waals surface area contributed by atoms with Gasteiger partial charge in [-0.3, -0.25) is 4.79 Å². The molecule has 1 aromatic carbocycles. The average Bonchev–Trinajstić information content (AvgIpc) is 2.36. The van der Waals surface area contributed by atoms with Crippen molar-refractivity contribution in [1.82, 2.24) is 0 Å². The zero-order chi connectivity index (χ0) is 15.3. The number of rotatable bonds is 4. The third kappa shape index (κ3) is 3.73. The van der Waals surface area contributed by atoms with E-state index < -0.39 is 24.1 Å². The second kappa shape index (κ2) is 6.75. The minimum atomic E-state index is -4.59. The van der Waals surface area contributed by atoms with Crippen LogP contribution in [0.25, 0.3) is 0 Å². The van der Waals surface area contributed by atoms with Gasteiger partial charge in [-0.1, -0.05) is 15.9 Å². The lowest BCUT2D eigenvalue weighted by molar-refractivity contribution is -0.143. The van der Waals surface area contributed by atoms with Gasteiger partial charge >= 0.3 is 12.1 Å². The van der Waals surface area contributed by atoms with Crippen LogP contribution in [0.15, 0.2) is 12.1 Å². The van der Waals surface area contributed by atoms with Crippen LogP contribution in [0.4, 0.5) is 13.2 Å². The van der Waals surface area contributed by atoms with Gasteiger partial charge in [0.25, 0.3) is 0 Å². The molecule has 0 unspecified atom stereocenters. The van der Waals surface area contributed by atoms with Crippen molar-refractivity contribution in [2.75, 3.05) is 6.61 Å². The fraction of sp³-hybridized carbons (Fsp3) is 0.385. The van der Waals surface area contributed by atoms with Crippen LogP contribution in [0.5, 0.6) is 0 Å². The largest absolute Gasteiger partial charge is 0.466 e. The van der Waals surface area contributed by atoms with E-state index in [-0.39, 0.29) is 28.6 Å². The third-order valence-electron chi connectivity index (χ3n) is 2.62. The second-order valence-corrected chi connectivity index (χ2v) is 4.40. The van der Waals surface area contributed by atoms with Gasteiger partial charge in [0.05, 0.1) is 30.2 Å². The van der Waals surface area contributed by atoms with Crippen LogP contribution in [0.2, 0.25) is 0 Å². The van der Waals surface area contributed by atoms with Gasteiger partial charge in [0.1, 0.15) is 0 Å². The lowest BCUT2D eigenvalue weighted by Gasteiger charge is -2.16. The van der Waals surface area contributed by atoms with Crippen LogP contribution >= 0.6 is 15.9 Å². The SMILES string of the molecule is CCOC(=O)Cc1c(C(F)(F)F)ccc(C#N)c1CBr. The van der Waals surface area contributed by atoms with Crippen molar-refractivity contribution in [3.8, 4) is 6.07 Å². The third-order valence-corrected chi connectivity index (χ3v) is 3.18. The van der Waals surface area contributed by atoms with Gasteiger partial charge in [-0.15, -0.1) is 0 Å². The number of carbonyl (C=O) groups is 1. The predicted molar refractivity (Wildman–Crippen MR) is 69.1 cm³/mol. The van der Waals surface area contributed by atoms with E-state index in [2.05, 4.69) is 20.7 Å². The summed E-state index contributed by atoms with van der Waals surface area (Å²) in [6.45, 7) is 1.65. The lowest BCUT2D eigenvalue weighted by atomic mass is 9.94. The fourth-order valence-corrected chi connectivity index (χ4v) is 2.41. The van der Waals surface area contributed by atoms with Gasteiger partial charge in [-0.25, -0.2) is 0 Å². The maximum Gasteiger partial charge on any atom is 0.416 e. The van der Waals surface area contributed by atoms with Crippen molar-refractivity contribution in [1.29, 1.82) is 5.26 Å². The van der Waals surface area contributed by atoms with Gasteiger partial charge in [0, 0.05) is 5.33 Å². The highest BCUT2D eigenvalue weighted by Crippen LogP contribution is 2.35. The van der Waals surface area contributed by atoms with Gasteiger partial charge < -0.3 is 4.74 Å². The van der Waals surface area contributed by atoms with Crippen LogP contribution in [-0.4, -0.2) is 12.6 Å². The Bertz CT molecular complexity index is 550. The molecule has 7 heteroatoms. The second-order valence-electron chi connectivity index (χ2n) is 3.84. The number of hydrogen-bond acceptors (Lipinski definition) is 3. The van der Waals surface area contributed by atoms with E-state index >= 15 is 0 Å². The number of hydrogen-bond donors (Lipinski definition) is 0. The van der Waals surface area contributed by atoms with Crippen molar-refractivity contribution < 1.29 is 22.7 Å². The van der Waals surface area contributed by atoms with E-state index in [1.807, 2.05) is 6.07 Å². The molecular formula is C13H11BrF3NO2. The Morgan fingerprint density at radius 3 is 2.50 bits per heavy atom. The van der Waals surface area contributed by atoms with Crippen LogP contribution < -0.4 is 0 Å². The van der Waals surface area contributed by atoms with Crippen LogP contribution in [0.1, 0.15) is 29.2 Å². The molecule has 1 rings (SSSR count). The van der Waals surface area contributed by atoms with Gasteiger partial charge in [-0.05, 0) is 30.2 Å². The molecular weight excluding hydrogens is 339 g/mol. The molecule has 0 heterocycles. The molecule has 108 valence electrons. The molecule has 0 saturated heterocycles. The van der Waals surface area contributed by atoms with Crippen molar-refractivity contribution in [3.05, 3.63) is 34.4 Å². The van der Waals surface area contributed by atoms with Crippen molar-refractivity contribution in [3.63, 3.8) is 0 Å². The summed E-state index contributed by atoms with van der Waals surface area (Å²) in [6, 6.07) is 3.75. The van der Waals surface area contributed by atoms with Crippen molar-refractivity contribution in [2.45, 2.75) is 24.9 Å². The summed E-state index contributed by atoms with van der Waals surface area (Å²) in [4.78, 5) is 11.5. The summed E-state index contributed by atoms with van der Waals surface area (Å²) >= 11 is 3.06. The maximum atomic E-state index is 13.0. The fourth-order valence-electron chi connectivity index (χ4n) is 1.77. The molecule has 1 aromatic rings. The van der Waals surface area contributed by atoms with E-state index in [1.165, 1.54) is 0 Å². The van der Waals surface area contributed by atoms with E-state index in [0.717, 1.165) is 12.1 Å². The highest BCUT2D eigenvalue weighted by Gasteiger charge is 2.35. The molecule has 0 radical (unpaired) electrons. The Hall–Kier alpha value is -1.55. The van der Waals surface area contributed by atoms with Crippen LogP contribution in [0.3, 0.4) is 0 Å². The normalized spacial score (nSPS) is 11.0. The van der Waals surface area contributed by atoms with E-state index in [4.69, 9.17) is 5.26 Å². The first-order valence-corrected chi connectivity index (χ1v) is 6.80. The maximum absolute atomic E-state index is 13.0. The molecule has 0 saturated carbocycles. The highest BCUT2D eigenvalue weighted by atomic mass is 79.9. The highest BCUT2D eigenvalue weighted by molar-refractivity contribution is 9.08. The molecule has 0 aliphatic rings. The molecule has 0 aliphatic carbocycles. The van der Waals surface area contributed by atoms with Crippen molar-refractivity contribution >= 4 is 21.9 Å². The summed E-state index contributed by atoms with van der Waals surface area (Å²) in [7, 11) is 0. The Balaban J connectivity index is 3.41. The van der Waals surface area contributed by atoms with E-state index in [1.54, 1.807) is 6.92 Å². The standard InChI is InChI=1S/C13H11BrF3NO2/c1-2-20-12(19)5-9-10(6-14)8(7-18)3-4-11(9)13(15,16)17/h3-4H,2,5-6H2,1H3. The lowest BCUT2D eigenvalue weighted by Crippen LogP contribution is -2.17. The molecule has 0 spiro atoms. The van der Waals surface area contributed by atoms with Gasteiger partial charge in [0.15, 0.2) is 0 Å². The first kappa shape index (κ1) is 16.5. The smallest absolute Gasteiger partial charge is 0.416 e. The molecule has 0 aliphatic heterocycles. The number of halogens is 4. The predicted octanol–water partition coefficient (Wildman–Crippen LogP) is 3.58. The number of esters is 1. The Labute approximate surface area is 122 Å². The molecule has 0 bridgehead atoms. The minimum Gasteiger partial charge on any atom is -0.466 e. The number of alkyl halides is 4. The molecule has 0 aromatic heterocycles. The Morgan fingerprint density at radius 1 is 1.40 bits per heavy atom. The van der Waals surface area contributed by atoms with Gasteiger partial charge in [-0.2, -0.15) is 18.4 Å². The minimum absolute atomic E-state index is 0.0502. The van der Waals surface area contributed by atoms with Crippen molar-refractivity contribution in [2.24, 2.45) is 0 Å². The molecule has 0 atom stereocenters. The van der Waals surface area contributed by atoms with E-state index in [9.17, 15) is 18.0 Å². The number of nitrogens with zero attached hydrogens (tertiary/aromatic N) is 1. The number of ether oxygens (including phenoxy) is 1. The summed E-state index contributed by atoms with van der Waals surface area (Å²) in [5.74, 6) is -0.754. The monoisotopic (exact) mass is 349 g/mol. The summed E-state index contributed by atoms with van der Waals surface area (Å²) < 4.78 is 43.6. The van der Waals surface area contributed by atoms with Gasteiger partial charge in [0.2, 0.25) is 0 Å². The Morgan fingerprint density at radius 2 is 2.05 bits per heavy atom. The number of benzene rings is 1. The molecule has 20 heavy (non-hydrogen) atoms. The average molecular weight is 350 g/mol. The molecule has 0 fully saturated rings. The molecule has 0 N–H and O–H groups in total. The number of carbonyl (C=O) groups excluding carboxylic acids is 1. The summed E-state index contributed by atoms with van der Waals surface area (Å²) in [5.41, 5.74) is -0.865. The number of nitriles is 1. The zero-order valence-corrected chi connectivity index (χ0v) is 12.1. The Kier molecular flexibility index (Phi) is 5.57. The molecule has 0 amide bonds. The topological polar surface area (TPSA) is 50.1 Å². The van der Waals surface area contributed by atoms with E-state index in [0.29, 0.717) is 0 Å². The molecule has 3 nitrogen and oxygen atoms in total. The van der Waals surface area contributed by atoms with Crippen LogP contribution in [0, 0.1) is 11.3 Å². The van der Waals surface area contributed by atoms with Crippen LogP contribution in [-0.2, 0) is 27.5 Å². The first-order valence-electron chi connectivity index (χ1n) is 5.68. The quantitative estimate of drug-likeness (QED) is 0.616. The summed E-state index contributed by atoms with van der Waals surface area (Å²) in [6.07, 6.45) is -5.11. The first-order chi connectivity index (χ1) is 9.35. The summed E-state index contributed by atoms with van der Waals surface area (Å²) in [5, 5.41) is 8.99.